The molecule has 2 rings (SSSR count). The highest BCUT2D eigenvalue weighted by molar-refractivity contribution is 6.17. The Labute approximate surface area is 113 Å². The molecular weight excluding hydrogens is 244 g/mol. The van der Waals surface area contributed by atoms with Gasteiger partial charge in [0.05, 0.1) is 5.52 Å². The molecule has 2 aromatic rings. The average Bonchev–Trinajstić information content (AvgIpc) is 2.37. The lowest BCUT2D eigenvalue weighted by Crippen LogP contribution is -2.16. The topological polar surface area (TPSA) is 24.9 Å². The van der Waals surface area contributed by atoms with E-state index in [0.717, 1.165) is 30.1 Å². The number of alkyl halides is 1. The molecule has 1 aromatic carbocycles. The Hall–Kier alpha value is -1.28. The smallest absolute Gasteiger partial charge is 0.129 e. The van der Waals surface area contributed by atoms with Crippen molar-refractivity contribution in [2.45, 2.75) is 32.7 Å². The quantitative estimate of drug-likeness (QED) is 0.810. The fraction of sp³-hybridized carbons (Fsp3) is 0.400. The van der Waals surface area contributed by atoms with E-state index in [1.165, 1.54) is 10.9 Å². The first-order chi connectivity index (χ1) is 8.70. The van der Waals surface area contributed by atoms with Crippen LogP contribution >= 0.6 is 11.6 Å². The highest BCUT2D eigenvalue weighted by Crippen LogP contribution is 2.20. The minimum Gasteiger partial charge on any atom is -0.367 e. The molecule has 1 aromatic heterocycles. The van der Waals surface area contributed by atoms with Crippen LogP contribution in [0, 0.1) is 6.92 Å². The third-order valence-electron chi connectivity index (χ3n) is 3.07. The van der Waals surface area contributed by atoms with Crippen molar-refractivity contribution in [2.75, 3.05) is 11.2 Å². The van der Waals surface area contributed by atoms with E-state index in [4.69, 9.17) is 11.6 Å². The summed E-state index contributed by atoms with van der Waals surface area (Å²) >= 11 is 5.71. The third kappa shape index (κ3) is 3.14. The van der Waals surface area contributed by atoms with Crippen LogP contribution in [0.25, 0.3) is 10.9 Å². The summed E-state index contributed by atoms with van der Waals surface area (Å²) in [6, 6.07) is 10.8. The second-order valence-electron chi connectivity index (χ2n) is 4.72. The second-order valence-corrected chi connectivity index (χ2v) is 5.10. The van der Waals surface area contributed by atoms with Crippen molar-refractivity contribution in [3.63, 3.8) is 0 Å². The van der Waals surface area contributed by atoms with Crippen LogP contribution in [-0.4, -0.2) is 16.9 Å². The number of para-hydroxylation sites is 1. The number of nitrogens with one attached hydrogen (secondary N) is 1. The zero-order valence-electron chi connectivity index (χ0n) is 10.9. The Morgan fingerprint density at radius 3 is 2.89 bits per heavy atom. The number of rotatable bonds is 5. The average molecular weight is 263 g/mol. The molecule has 1 heterocycles. The molecule has 0 aliphatic rings. The van der Waals surface area contributed by atoms with Crippen molar-refractivity contribution >= 4 is 28.3 Å². The summed E-state index contributed by atoms with van der Waals surface area (Å²) in [7, 11) is 0. The molecule has 18 heavy (non-hydrogen) atoms. The van der Waals surface area contributed by atoms with Crippen LogP contribution in [0.1, 0.15) is 25.3 Å². The second kappa shape index (κ2) is 6.05. The van der Waals surface area contributed by atoms with Crippen LogP contribution in [0.15, 0.2) is 30.3 Å². The molecular formula is C15H19ClN2. The van der Waals surface area contributed by atoms with Gasteiger partial charge in [0, 0.05) is 17.3 Å². The first-order valence-electron chi connectivity index (χ1n) is 6.39. The maximum absolute atomic E-state index is 5.71. The number of pyridine rings is 1. The number of fused-ring (bicyclic) bond motifs is 1. The van der Waals surface area contributed by atoms with E-state index in [-0.39, 0.29) is 0 Å². The number of benzene rings is 1. The van der Waals surface area contributed by atoms with Crippen molar-refractivity contribution < 1.29 is 0 Å². The summed E-state index contributed by atoms with van der Waals surface area (Å²) < 4.78 is 0. The molecule has 0 radical (unpaired) electrons. The van der Waals surface area contributed by atoms with Gasteiger partial charge in [-0.3, -0.25) is 0 Å². The Bertz CT molecular complexity index is 525. The van der Waals surface area contributed by atoms with Crippen LogP contribution in [0.4, 0.5) is 5.82 Å². The SMILES string of the molecule is Cc1cc2ccccc2nc1NC(C)CCCCl. The van der Waals surface area contributed by atoms with E-state index in [1.54, 1.807) is 0 Å². The summed E-state index contributed by atoms with van der Waals surface area (Å²) in [5.41, 5.74) is 2.22. The van der Waals surface area contributed by atoms with E-state index in [9.17, 15) is 0 Å². The molecule has 0 spiro atoms. The van der Waals surface area contributed by atoms with Gasteiger partial charge in [-0.1, -0.05) is 18.2 Å². The molecule has 1 unspecified atom stereocenters. The van der Waals surface area contributed by atoms with E-state index in [0.29, 0.717) is 6.04 Å². The fourth-order valence-electron chi connectivity index (χ4n) is 2.06. The van der Waals surface area contributed by atoms with Crippen molar-refractivity contribution in [3.05, 3.63) is 35.9 Å². The zero-order valence-corrected chi connectivity index (χ0v) is 11.7. The highest BCUT2D eigenvalue weighted by Gasteiger charge is 2.06. The van der Waals surface area contributed by atoms with Gasteiger partial charge in [0.25, 0.3) is 0 Å². The van der Waals surface area contributed by atoms with Crippen molar-refractivity contribution in [1.82, 2.24) is 4.98 Å². The zero-order chi connectivity index (χ0) is 13.0. The maximum Gasteiger partial charge on any atom is 0.129 e. The molecule has 0 saturated heterocycles. The number of aryl methyl sites for hydroxylation is 1. The lowest BCUT2D eigenvalue weighted by Gasteiger charge is -2.16. The maximum atomic E-state index is 5.71. The summed E-state index contributed by atoms with van der Waals surface area (Å²) in [4.78, 5) is 4.68. The van der Waals surface area contributed by atoms with Gasteiger partial charge in [0.15, 0.2) is 0 Å². The molecule has 0 saturated carbocycles. The normalized spacial score (nSPS) is 12.6. The van der Waals surface area contributed by atoms with Crippen molar-refractivity contribution in [3.8, 4) is 0 Å². The van der Waals surface area contributed by atoms with Gasteiger partial charge in [-0.15, -0.1) is 11.6 Å². The van der Waals surface area contributed by atoms with Crippen molar-refractivity contribution in [1.29, 1.82) is 0 Å². The van der Waals surface area contributed by atoms with Gasteiger partial charge in [-0.2, -0.15) is 0 Å². The molecule has 2 nitrogen and oxygen atoms in total. The summed E-state index contributed by atoms with van der Waals surface area (Å²) in [6.07, 6.45) is 2.10. The predicted octanol–water partition coefficient (Wildman–Crippen LogP) is 4.36. The molecule has 0 aliphatic carbocycles. The van der Waals surface area contributed by atoms with E-state index >= 15 is 0 Å². The molecule has 1 N–H and O–H groups in total. The largest absolute Gasteiger partial charge is 0.367 e. The van der Waals surface area contributed by atoms with Gasteiger partial charge in [-0.25, -0.2) is 4.98 Å². The Morgan fingerprint density at radius 1 is 1.33 bits per heavy atom. The lowest BCUT2D eigenvalue weighted by atomic mass is 10.1. The number of halogens is 1. The standard InChI is InChI=1S/C15H19ClN2/c1-11-10-13-7-3-4-8-14(13)18-15(11)17-12(2)6-5-9-16/h3-4,7-8,10,12H,5-6,9H2,1-2H3,(H,17,18). The number of aromatic nitrogens is 1. The molecule has 1 atom stereocenters. The van der Waals surface area contributed by atoms with Gasteiger partial charge in [-0.05, 0) is 44.4 Å². The monoisotopic (exact) mass is 262 g/mol. The van der Waals surface area contributed by atoms with Crippen LogP contribution in [0.5, 0.6) is 0 Å². The number of nitrogens with zero attached hydrogens (tertiary/aromatic N) is 1. The molecule has 0 amide bonds. The lowest BCUT2D eigenvalue weighted by molar-refractivity contribution is 0.690. The number of hydrogen-bond donors (Lipinski definition) is 1. The van der Waals surface area contributed by atoms with Gasteiger partial charge in [0.2, 0.25) is 0 Å². The Balaban J connectivity index is 2.19. The Kier molecular flexibility index (Phi) is 4.43. The first kappa shape index (κ1) is 13.2. The first-order valence-corrected chi connectivity index (χ1v) is 6.93. The summed E-state index contributed by atoms with van der Waals surface area (Å²) in [5.74, 6) is 1.70. The minimum absolute atomic E-state index is 0.399. The van der Waals surface area contributed by atoms with Crippen molar-refractivity contribution in [2.24, 2.45) is 0 Å². The van der Waals surface area contributed by atoms with Gasteiger partial charge >= 0.3 is 0 Å². The molecule has 96 valence electrons. The molecule has 0 bridgehead atoms. The highest BCUT2D eigenvalue weighted by atomic mass is 35.5. The minimum atomic E-state index is 0.399. The van der Waals surface area contributed by atoms with Crippen LogP contribution in [-0.2, 0) is 0 Å². The van der Waals surface area contributed by atoms with Gasteiger partial charge in [0.1, 0.15) is 5.82 Å². The van der Waals surface area contributed by atoms with Crippen LogP contribution in [0.3, 0.4) is 0 Å². The Morgan fingerprint density at radius 2 is 2.11 bits per heavy atom. The third-order valence-corrected chi connectivity index (χ3v) is 3.34. The molecule has 0 aliphatic heterocycles. The van der Waals surface area contributed by atoms with E-state index in [2.05, 4.69) is 36.3 Å². The number of anilines is 1. The fourth-order valence-corrected chi connectivity index (χ4v) is 2.21. The van der Waals surface area contributed by atoms with Crippen LogP contribution in [0.2, 0.25) is 0 Å². The summed E-state index contributed by atoms with van der Waals surface area (Å²) in [6.45, 7) is 4.26. The number of hydrogen-bond acceptors (Lipinski definition) is 2. The van der Waals surface area contributed by atoms with Gasteiger partial charge < -0.3 is 5.32 Å². The van der Waals surface area contributed by atoms with Crippen LogP contribution < -0.4 is 5.32 Å². The summed E-state index contributed by atoms with van der Waals surface area (Å²) in [5, 5.41) is 4.66. The van der Waals surface area contributed by atoms with E-state index in [1.807, 2.05) is 18.2 Å². The molecule has 3 heteroatoms. The molecule has 0 fully saturated rings. The van der Waals surface area contributed by atoms with E-state index < -0.39 is 0 Å². The predicted molar refractivity (Wildman–Crippen MR) is 79.5 cm³/mol.